The van der Waals surface area contributed by atoms with Gasteiger partial charge in [-0.15, -0.1) is 0 Å². The van der Waals surface area contributed by atoms with Gasteiger partial charge in [0.1, 0.15) is 18.7 Å². The summed E-state index contributed by atoms with van der Waals surface area (Å²) in [5.41, 5.74) is 1.32. The van der Waals surface area contributed by atoms with Gasteiger partial charge in [0, 0.05) is 16.5 Å². The molecule has 0 aliphatic carbocycles. The average molecular weight is 467 g/mol. The molecule has 9 heteroatoms. The molecule has 2 atom stereocenters. The fourth-order valence-electron chi connectivity index (χ4n) is 2.80. The van der Waals surface area contributed by atoms with Crippen molar-refractivity contribution in [3.63, 3.8) is 0 Å². The molecule has 2 rings (SSSR count). The van der Waals surface area contributed by atoms with E-state index in [1.54, 1.807) is 38.1 Å². The normalized spacial score (nSPS) is 12.7. The lowest BCUT2D eigenvalue weighted by atomic mass is 10.0. The quantitative estimate of drug-likeness (QED) is 0.516. The van der Waals surface area contributed by atoms with Crippen LogP contribution < -0.4 is 10.6 Å². The summed E-state index contributed by atoms with van der Waals surface area (Å²) in [6.45, 7) is 3.51. The van der Waals surface area contributed by atoms with Crippen LogP contribution in [0.4, 0.5) is 4.79 Å². The number of benzene rings is 2. The predicted octanol–water partition coefficient (Wildman–Crippen LogP) is 4.06. The molecule has 0 spiro atoms. The predicted molar refractivity (Wildman–Crippen MR) is 118 cm³/mol. The van der Waals surface area contributed by atoms with E-state index in [0.29, 0.717) is 15.6 Å². The standard InChI is InChI=1S/C22H24Cl2N2O5/c1-13(2)19(26-22(30)31-12-14-6-4-3-5-7-14)20(27)25-18(21(28)29)10-15-8-9-16(23)11-17(15)24/h3-9,11,13,18-19H,10,12H2,1-2H3,(H,25,27)(H,26,30)(H,28,29)/t18-,19-/m1/s1. The summed E-state index contributed by atoms with van der Waals surface area (Å²) in [6.07, 6.45) is -0.814. The molecule has 0 heterocycles. The van der Waals surface area contributed by atoms with Crippen LogP contribution in [0.2, 0.25) is 10.0 Å². The Morgan fingerprint density at radius 1 is 1.03 bits per heavy atom. The van der Waals surface area contributed by atoms with Crippen LogP contribution in [0, 0.1) is 5.92 Å². The van der Waals surface area contributed by atoms with Gasteiger partial charge in [-0.2, -0.15) is 0 Å². The maximum Gasteiger partial charge on any atom is 0.408 e. The van der Waals surface area contributed by atoms with Crippen molar-refractivity contribution in [3.05, 3.63) is 69.7 Å². The second-order valence-corrected chi connectivity index (χ2v) is 8.11. The molecule has 0 bridgehead atoms. The number of alkyl carbamates (subject to hydrolysis) is 1. The molecule has 0 saturated carbocycles. The van der Waals surface area contributed by atoms with Crippen LogP contribution in [0.5, 0.6) is 0 Å². The zero-order valence-corrected chi connectivity index (χ0v) is 18.6. The van der Waals surface area contributed by atoms with Crippen molar-refractivity contribution in [3.8, 4) is 0 Å². The van der Waals surface area contributed by atoms with Gasteiger partial charge in [0.25, 0.3) is 0 Å². The molecule has 2 aromatic carbocycles. The molecule has 0 saturated heterocycles. The monoisotopic (exact) mass is 466 g/mol. The van der Waals surface area contributed by atoms with Gasteiger partial charge in [-0.1, -0.05) is 73.4 Å². The highest BCUT2D eigenvalue weighted by Gasteiger charge is 2.29. The Morgan fingerprint density at radius 3 is 2.29 bits per heavy atom. The third kappa shape index (κ3) is 7.77. The molecule has 0 unspecified atom stereocenters. The van der Waals surface area contributed by atoms with Crippen LogP contribution in [-0.4, -0.2) is 35.2 Å². The molecule has 0 aromatic heterocycles. The average Bonchev–Trinajstić information content (AvgIpc) is 2.72. The van der Waals surface area contributed by atoms with Gasteiger partial charge in [-0.05, 0) is 29.2 Å². The fraction of sp³-hybridized carbons (Fsp3) is 0.318. The van der Waals surface area contributed by atoms with Gasteiger partial charge in [-0.25, -0.2) is 9.59 Å². The van der Waals surface area contributed by atoms with Gasteiger partial charge in [0.2, 0.25) is 5.91 Å². The highest BCUT2D eigenvalue weighted by Crippen LogP contribution is 2.22. The summed E-state index contributed by atoms with van der Waals surface area (Å²) >= 11 is 12.0. The first-order valence-corrected chi connectivity index (χ1v) is 10.4. The summed E-state index contributed by atoms with van der Waals surface area (Å²) in [5, 5.41) is 15.2. The van der Waals surface area contributed by atoms with Crippen molar-refractivity contribution < 1.29 is 24.2 Å². The number of nitrogens with one attached hydrogen (secondary N) is 2. The van der Waals surface area contributed by atoms with E-state index in [4.69, 9.17) is 27.9 Å². The zero-order valence-electron chi connectivity index (χ0n) is 17.1. The number of carboxylic acids is 1. The van der Waals surface area contributed by atoms with Crippen molar-refractivity contribution in [2.45, 2.75) is 39.0 Å². The van der Waals surface area contributed by atoms with Gasteiger partial charge < -0.3 is 20.5 Å². The minimum Gasteiger partial charge on any atom is -0.480 e. The number of carbonyl (C=O) groups excluding carboxylic acids is 2. The number of hydrogen-bond acceptors (Lipinski definition) is 4. The lowest BCUT2D eigenvalue weighted by molar-refractivity contribution is -0.142. The molecule has 31 heavy (non-hydrogen) atoms. The number of halogens is 2. The van der Waals surface area contributed by atoms with Crippen molar-refractivity contribution in [1.82, 2.24) is 10.6 Å². The molecule has 0 aliphatic heterocycles. The molecular weight excluding hydrogens is 443 g/mol. The number of hydrogen-bond donors (Lipinski definition) is 3. The maximum absolute atomic E-state index is 12.7. The molecule has 0 radical (unpaired) electrons. The van der Waals surface area contributed by atoms with Crippen molar-refractivity contribution in [1.29, 1.82) is 0 Å². The summed E-state index contributed by atoms with van der Waals surface area (Å²) in [6, 6.07) is 11.6. The van der Waals surface area contributed by atoms with E-state index in [0.717, 1.165) is 5.56 Å². The Hall–Kier alpha value is -2.77. The second-order valence-electron chi connectivity index (χ2n) is 7.27. The third-order valence-corrected chi connectivity index (χ3v) is 5.08. The van der Waals surface area contributed by atoms with Crippen LogP contribution in [0.1, 0.15) is 25.0 Å². The van der Waals surface area contributed by atoms with Crippen molar-refractivity contribution in [2.75, 3.05) is 0 Å². The van der Waals surface area contributed by atoms with Gasteiger partial charge >= 0.3 is 12.1 Å². The number of carbonyl (C=O) groups is 3. The Morgan fingerprint density at radius 2 is 1.71 bits per heavy atom. The molecule has 3 N–H and O–H groups in total. The smallest absolute Gasteiger partial charge is 0.408 e. The summed E-state index contributed by atoms with van der Waals surface area (Å²) < 4.78 is 5.16. The second kappa shape index (κ2) is 11.6. The summed E-state index contributed by atoms with van der Waals surface area (Å²) in [4.78, 5) is 36.6. The van der Waals surface area contributed by atoms with E-state index in [9.17, 15) is 19.5 Å². The number of ether oxygens (including phenoxy) is 1. The number of aliphatic carboxylic acids is 1. The zero-order chi connectivity index (χ0) is 23.0. The molecule has 166 valence electrons. The Kier molecular flexibility index (Phi) is 9.15. The van der Waals surface area contributed by atoms with Crippen LogP contribution in [0.15, 0.2) is 48.5 Å². The molecule has 0 fully saturated rings. The number of carboxylic acid groups (broad SMARTS) is 1. The Labute approximate surface area is 190 Å². The summed E-state index contributed by atoms with van der Waals surface area (Å²) in [7, 11) is 0. The largest absolute Gasteiger partial charge is 0.480 e. The lowest BCUT2D eigenvalue weighted by Gasteiger charge is -2.24. The maximum atomic E-state index is 12.7. The van der Waals surface area contributed by atoms with Gasteiger partial charge in [-0.3, -0.25) is 4.79 Å². The molecule has 2 amide bonds. The van der Waals surface area contributed by atoms with E-state index in [-0.39, 0.29) is 18.9 Å². The number of amides is 2. The van der Waals surface area contributed by atoms with Crippen molar-refractivity contribution >= 4 is 41.2 Å². The van der Waals surface area contributed by atoms with Crippen LogP contribution >= 0.6 is 23.2 Å². The van der Waals surface area contributed by atoms with E-state index in [2.05, 4.69) is 10.6 Å². The highest BCUT2D eigenvalue weighted by atomic mass is 35.5. The van der Waals surface area contributed by atoms with Crippen LogP contribution in [0.25, 0.3) is 0 Å². The SMILES string of the molecule is CC(C)[C@@H](NC(=O)OCc1ccccc1)C(=O)N[C@H](Cc1ccc(Cl)cc1Cl)C(=O)O. The van der Waals surface area contributed by atoms with Crippen LogP contribution in [-0.2, 0) is 27.4 Å². The Balaban J connectivity index is 2.01. The highest BCUT2D eigenvalue weighted by molar-refractivity contribution is 6.35. The summed E-state index contributed by atoms with van der Waals surface area (Å²) in [5.74, 6) is -2.17. The van der Waals surface area contributed by atoms with E-state index >= 15 is 0 Å². The van der Waals surface area contributed by atoms with Gasteiger partial charge in [0.05, 0.1) is 0 Å². The first-order valence-electron chi connectivity index (χ1n) is 9.61. The minimum absolute atomic E-state index is 0.0413. The van der Waals surface area contributed by atoms with Crippen molar-refractivity contribution in [2.24, 2.45) is 5.92 Å². The number of rotatable bonds is 9. The third-order valence-electron chi connectivity index (χ3n) is 4.49. The topological polar surface area (TPSA) is 105 Å². The van der Waals surface area contributed by atoms with E-state index < -0.39 is 30.1 Å². The fourth-order valence-corrected chi connectivity index (χ4v) is 3.28. The van der Waals surface area contributed by atoms with E-state index in [1.165, 1.54) is 6.07 Å². The lowest BCUT2D eigenvalue weighted by Crippen LogP contribution is -2.54. The first kappa shape index (κ1) is 24.5. The molecule has 7 nitrogen and oxygen atoms in total. The Bertz CT molecular complexity index is 921. The van der Waals surface area contributed by atoms with E-state index in [1.807, 2.05) is 18.2 Å². The van der Waals surface area contributed by atoms with Crippen LogP contribution in [0.3, 0.4) is 0 Å². The molecular formula is C22H24Cl2N2O5. The molecule has 2 aromatic rings. The van der Waals surface area contributed by atoms with Gasteiger partial charge in [0.15, 0.2) is 0 Å². The minimum atomic E-state index is -1.24. The first-order chi connectivity index (χ1) is 14.7. The molecule has 0 aliphatic rings.